The first kappa shape index (κ1) is 12.9. The molecule has 0 spiro atoms. The number of aliphatic carboxylic acids is 1. The van der Waals surface area contributed by atoms with Crippen molar-refractivity contribution in [1.82, 2.24) is 4.90 Å². The molecule has 106 valence electrons. The van der Waals surface area contributed by atoms with Crippen LogP contribution < -0.4 is 0 Å². The van der Waals surface area contributed by atoms with Crippen LogP contribution in [0.3, 0.4) is 0 Å². The smallest absolute Gasteiger partial charge is 0.343 e. The molecule has 1 saturated heterocycles. The molecule has 1 N–H and O–H groups in total. The molecule has 3 aliphatic rings. The summed E-state index contributed by atoms with van der Waals surface area (Å²) >= 11 is 0. The third-order valence-electron chi connectivity index (χ3n) is 5.28. The highest BCUT2D eigenvalue weighted by atomic mass is 19.1. The summed E-state index contributed by atoms with van der Waals surface area (Å²) in [7, 11) is 0. The van der Waals surface area contributed by atoms with E-state index in [1.807, 2.05) is 0 Å². The molecule has 19 heavy (non-hydrogen) atoms. The standard InChI is InChI=1S/C14H20FNO3/c15-14(13(18)19)3-4-16(8-14)12(17)7-11-6-9-1-2-10(11)5-9/h9-11H,1-8H2,(H,18,19). The van der Waals surface area contributed by atoms with Gasteiger partial charge >= 0.3 is 5.97 Å². The van der Waals surface area contributed by atoms with Crippen molar-refractivity contribution in [1.29, 1.82) is 0 Å². The second-order valence-corrected chi connectivity index (χ2v) is 6.47. The van der Waals surface area contributed by atoms with Gasteiger partial charge in [-0.15, -0.1) is 0 Å². The normalized spacial score (nSPS) is 40.9. The average molecular weight is 269 g/mol. The number of amides is 1. The highest BCUT2D eigenvalue weighted by Gasteiger charge is 2.48. The van der Waals surface area contributed by atoms with E-state index in [1.165, 1.54) is 24.2 Å². The van der Waals surface area contributed by atoms with Gasteiger partial charge in [-0.1, -0.05) is 6.42 Å². The van der Waals surface area contributed by atoms with Crippen LogP contribution in [0, 0.1) is 17.8 Å². The van der Waals surface area contributed by atoms with Crippen molar-refractivity contribution in [3.8, 4) is 0 Å². The van der Waals surface area contributed by atoms with Gasteiger partial charge < -0.3 is 10.0 Å². The summed E-state index contributed by atoms with van der Waals surface area (Å²) in [5.74, 6) is 0.415. The van der Waals surface area contributed by atoms with Gasteiger partial charge in [0.1, 0.15) is 0 Å². The van der Waals surface area contributed by atoms with Crippen molar-refractivity contribution in [2.45, 2.75) is 44.2 Å². The van der Waals surface area contributed by atoms with Gasteiger partial charge in [-0.25, -0.2) is 9.18 Å². The molecule has 2 bridgehead atoms. The van der Waals surface area contributed by atoms with Gasteiger partial charge in [-0.3, -0.25) is 4.79 Å². The molecular weight excluding hydrogens is 249 g/mol. The zero-order valence-electron chi connectivity index (χ0n) is 11.0. The van der Waals surface area contributed by atoms with Gasteiger partial charge in [0.2, 0.25) is 11.6 Å². The fourth-order valence-electron chi connectivity index (χ4n) is 4.14. The number of nitrogens with zero attached hydrogens (tertiary/aromatic N) is 1. The summed E-state index contributed by atoms with van der Waals surface area (Å²) in [6.45, 7) is -0.0373. The van der Waals surface area contributed by atoms with Crippen LogP contribution in [0.25, 0.3) is 0 Å². The molecule has 1 amide bonds. The number of carbonyl (C=O) groups excluding carboxylic acids is 1. The van der Waals surface area contributed by atoms with E-state index in [-0.39, 0.29) is 25.4 Å². The molecule has 3 fully saturated rings. The Hall–Kier alpha value is -1.13. The zero-order chi connectivity index (χ0) is 13.6. The number of carbonyl (C=O) groups is 2. The number of halogens is 1. The van der Waals surface area contributed by atoms with Crippen molar-refractivity contribution in [2.24, 2.45) is 17.8 Å². The third-order valence-corrected chi connectivity index (χ3v) is 5.28. The lowest BCUT2D eigenvalue weighted by molar-refractivity contribution is -0.150. The van der Waals surface area contributed by atoms with Gasteiger partial charge in [-0.2, -0.15) is 0 Å². The Morgan fingerprint density at radius 2 is 2.11 bits per heavy atom. The number of alkyl halides is 1. The molecule has 0 aromatic carbocycles. The summed E-state index contributed by atoms with van der Waals surface area (Å²) in [4.78, 5) is 24.4. The molecule has 4 atom stereocenters. The number of hydrogen-bond donors (Lipinski definition) is 1. The van der Waals surface area contributed by atoms with E-state index >= 15 is 0 Å². The quantitative estimate of drug-likeness (QED) is 0.850. The van der Waals surface area contributed by atoms with Crippen molar-refractivity contribution < 1.29 is 19.1 Å². The molecule has 0 aromatic rings. The molecule has 1 heterocycles. The van der Waals surface area contributed by atoms with E-state index in [9.17, 15) is 14.0 Å². The van der Waals surface area contributed by atoms with Crippen LogP contribution in [-0.2, 0) is 9.59 Å². The number of carboxylic acids is 1. The lowest BCUT2D eigenvalue weighted by atomic mass is 9.86. The molecule has 3 rings (SSSR count). The van der Waals surface area contributed by atoms with E-state index in [0.717, 1.165) is 12.3 Å². The fraction of sp³-hybridized carbons (Fsp3) is 0.857. The van der Waals surface area contributed by atoms with Crippen LogP contribution in [-0.4, -0.2) is 40.6 Å². The number of hydrogen-bond acceptors (Lipinski definition) is 2. The second kappa shape index (κ2) is 4.46. The van der Waals surface area contributed by atoms with Crippen LogP contribution >= 0.6 is 0 Å². The van der Waals surface area contributed by atoms with E-state index in [0.29, 0.717) is 18.3 Å². The highest BCUT2D eigenvalue weighted by Crippen LogP contribution is 2.49. The van der Waals surface area contributed by atoms with E-state index < -0.39 is 11.6 Å². The Morgan fingerprint density at radius 1 is 1.32 bits per heavy atom. The minimum absolute atomic E-state index is 0.0571. The first-order valence-corrected chi connectivity index (χ1v) is 7.18. The highest BCUT2D eigenvalue weighted by molar-refractivity contribution is 5.82. The minimum atomic E-state index is -2.23. The Balaban J connectivity index is 1.56. The molecule has 2 saturated carbocycles. The summed E-state index contributed by atoms with van der Waals surface area (Å²) in [5, 5.41) is 8.83. The van der Waals surface area contributed by atoms with Crippen molar-refractivity contribution in [3.05, 3.63) is 0 Å². The van der Waals surface area contributed by atoms with E-state index in [2.05, 4.69) is 0 Å². The molecule has 2 aliphatic carbocycles. The van der Waals surface area contributed by atoms with Crippen molar-refractivity contribution in [2.75, 3.05) is 13.1 Å². The maximum atomic E-state index is 13.9. The van der Waals surface area contributed by atoms with Gasteiger partial charge in [-0.05, 0) is 37.0 Å². The maximum Gasteiger partial charge on any atom is 0.343 e. The Morgan fingerprint density at radius 3 is 2.63 bits per heavy atom. The predicted octanol–water partition coefficient (Wildman–Crippen LogP) is 1.84. The Labute approximate surface area is 112 Å². The predicted molar refractivity (Wildman–Crippen MR) is 66.2 cm³/mol. The SMILES string of the molecule is O=C(CC1CC2CCC1C2)N1CCC(F)(C(=O)O)C1. The zero-order valence-corrected chi connectivity index (χ0v) is 11.0. The van der Waals surface area contributed by atoms with Crippen molar-refractivity contribution in [3.63, 3.8) is 0 Å². The molecule has 4 nitrogen and oxygen atoms in total. The first-order chi connectivity index (χ1) is 8.98. The second-order valence-electron chi connectivity index (χ2n) is 6.47. The molecular formula is C14H20FNO3. The van der Waals surface area contributed by atoms with Crippen LogP contribution in [0.1, 0.15) is 38.5 Å². The first-order valence-electron chi connectivity index (χ1n) is 7.18. The van der Waals surface area contributed by atoms with E-state index in [1.54, 1.807) is 0 Å². The van der Waals surface area contributed by atoms with Crippen LogP contribution in [0.15, 0.2) is 0 Å². The Kier molecular flexibility index (Phi) is 3.02. The lowest BCUT2D eigenvalue weighted by Crippen LogP contribution is -2.39. The Bertz CT molecular complexity index is 413. The monoisotopic (exact) mass is 269 g/mol. The number of likely N-dealkylation sites (tertiary alicyclic amines) is 1. The fourth-order valence-corrected chi connectivity index (χ4v) is 4.14. The largest absolute Gasteiger partial charge is 0.479 e. The van der Waals surface area contributed by atoms with Gasteiger partial charge in [0, 0.05) is 19.4 Å². The topological polar surface area (TPSA) is 57.6 Å². The molecule has 0 aromatic heterocycles. The van der Waals surface area contributed by atoms with Gasteiger partial charge in [0.15, 0.2) is 0 Å². The summed E-state index contributed by atoms with van der Waals surface area (Å²) in [6, 6.07) is 0. The van der Waals surface area contributed by atoms with Gasteiger partial charge in [0.05, 0.1) is 6.54 Å². The lowest BCUT2D eigenvalue weighted by Gasteiger charge is -2.24. The van der Waals surface area contributed by atoms with E-state index in [4.69, 9.17) is 5.11 Å². The summed E-state index contributed by atoms with van der Waals surface area (Å²) in [6.07, 6.45) is 5.31. The molecule has 0 radical (unpaired) electrons. The number of rotatable bonds is 3. The number of carboxylic acid groups (broad SMARTS) is 1. The third kappa shape index (κ3) is 2.23. The van der Waals surface area contributed by atoms with Gasteiger partial charge in [0.25, 0.3) is 0 Å². The average Bonchev–Trinajstić information content (AvgIpc) is 3.04. The van der Waals surface area contributed by atoms with Crippen LogP contribution in [0.5, 0.6) is 0 Å². The van der Waals surface area contributed by atoms with Crippen LogP contribution in [0.2, 0.25) is 0 Å². The number of fused-ring (bicyclic) bond motifs is 2. The molecule has 5 heteroatoms. The maximum absolute atomic E-state index is 13.9. The molecule has 1 aliphatic heterocycles. The van der Waals surface area contributed by atoms with Crippen LogP contribution in [0.4, 0.5) is 4.39 Å². The summed E-state index contributed by atoms with van der Waals surface area (Å²) in [5.41, 5.74) is -2.23. The minimum Gasteiger partial charge on any atom is -0.479 e. The molecule has 4 unspecified atom stereocenters. The summed E-state index contributed by atoms with van der Waals surface area (Å²) < 4.78 is 13.9. The van der Waals surface area contributed by atoms with Crippen molar-refractivity contribution >= 4 is 11.9 Å².